The number of carbonyl (C=O) groups excluding carboxylic acids is 1. The Hall–Kier alpha value is -2.48. The Bertz CT molecular complexity index is 683. The van der Waals surface area contributed by atoms with Crippen LogP contribution in [0.2, 0.25) is 0 Å². The van der Waals surface area contributed by atoms with Crippen LogP contribution in [0.1, 0.15) is 48.9 Å². The van der Waals surface area contributed by atoms with E-state index in [1.807, 2.05) is 18.2 Å². The van der Waals surface area contributed by atoms with Crippen LogP contribution in [-0.4, -0.2) is 12.1 Å². The van der Waals surface area contributed by atoms with E-state index in [1.54, 1.807) is 6.08 Å². The minimum Gasteiger partial charge on any atom is -0.459 e. The van der Waals surface area contributed by atoms with Gasteiger partial charge in [0.15, 0.2) is 11.6 Å². The highest BCUT2D eigenvalue weighted by atomic mass is 19.2. The second kappa shape index (κ2) is 9.73. The van der Waals surface area contributed by atoms with Crippen molar-refractivity contribution < 1.29 is 18.3 Å². The molecule has 1 aromatic rings. The number of carbonyl (C=O) groups is 1. The van der Waals surface area contributed by atoms with E-state index in [0.29, 0.717) is 5.92 Å². The molecule has 0 atom stereocenters. The normalized spacial score (nSPS) is 20.7. The van der Waals surface area contributed by atoms with Crippen molar-refractivity contribution in [2.75, 3.05) is 0 Å². The largest absolute Gasteiger partial charge is 0.459 e. The van der Waals surface area contributed by atoms with Crippen LogP contribution in [-0.2, 0) is 4.74 Å². The van der Waals surface area contributed by atoms with Gasteiger partial charge in [-0.3, -0.25) is 0 Å². The quantitative estimate of drug-likeness (QED) is 0.409. The van der Waals surface area contributed by atoms with Crippen LogP contribution in [0.4, 0.5) is 8.78 Å². The fourth-order valence-electron chi connectivity index (χ4n) is 2.99. The van der Waals surface area contributed by atoms with Crippen molar-refractivity contribution >= 4 is 5.97 Å². The van der Waals surface area contributed by atoms with Gasteiger partial charge in [-0.1, -0.05) is 18.2 Å². The van der Waals surface area contributed by atoms with E-state index in [4.69, 9.17) is 10.00 Å². The molecule has 0 saturated heterocycles. The van der Waals surface area contributed by atoms with Crippen molar-refractivity contribution in [3.05, 3.63) is 59.7 Å². The summed E-state index contributed by atoms with van der Waals surface area (Å²) in [4.78, 5) is 12.0. The van der Waals surface area contributed by atoms with Gasteiger partial charge in [-0.05, 0) is 62.6 Å². The highest BCUT2D eigenvalue weighted by Gasteiger charge is 2.24. The van der Waals surface area contributed by atoms with Crippen molar-refractivity contribution in [2.24, 2.45) is 5.92 Å². The summed E-state index contributed by atoms with van der Waals surface area (Å²) in [6.45, 7) is 0. The number of halogens is 2. The third kappa shape index (κ3) is 6.15. The van der Waals surface area contributed by atoms with Crippen molar-refractivity contribution in [2.45, 2.75) is 44.6 Å². The van der Waals surface area contributed by atoms with Crippen molar-refractivity contribution in [1.29, 1.82) is 5.26 Å². The van der Waals surface area contributed by atoms with E-state index < -0.39 is 17.6 Å². The maximum Gasteiger partial charge on any atom is 0.338 e. The molecule has 2 rings (SSSR count). The summed E-state index contributed by atoms with van der Waals surface area (Å²) in [5, 5.41) is 8.37. The third-order valence-electron chi connectivity index (χ3n) is 4.38. The SMILES string of the molecule is N#CC=CC=CCCC1CCC(OC(=O)c2ccc(F)c(F)c2)CC1. The molecule has 0 amide bonds. The summed E-state index contributed by atoms with van der Waals surface area (Å²) < 4.78 is 31.5. The van der Waals surface area contributed by atoms with E-state index in [9.17, 15) is 13.6 Å². The maximum atomic E-state index is 13.2. The molecule has 0 unspecified atom stereocenters. The second-order valence-corrected chi connectivity index (χ2v) is 6.17. The molecule has 1 aliphatic carbocycles. The van der Waals surface area contributed by atoms with Crippen molar-refractivity contribution in [3.8, 4) is 6.07 Å². The monoisotopic (exact) mass is 345 g/mol. The molecule has 25 heavy (non-hydrogen) atoms. The average Bonchev–Trinajstić information content (AvgIpc) is 2.61. The number of esters is 1. The van der Waals surface area contributed by atoms with Crippen LogP contribution in [0, 0.1) is 28.9 Å². The zero-order valence-electron chi connectivity index (χ0n) is 14.0. The predicted molar refractivity (Wildman–Crippen MR) is 90.6 cm³/mol. The van der Waals surface area contributed by atoms with Gasteiger partial charge in [0.05, 0.1) is 11.6 Å². The second-order valence-electron chi connectivity index (χ2n) is 6.17. The van der Waals surface area contributed by atoms with Gasteiger partial charge in [-0.2, -0.15) is 5.26 Å². The molecule has 1 fully saturated rings. The first-order valence-electron chi connectivity index (χ1n) is 8.47. The maximum absolute atomic E-state index is 13.2. The number of nitriles is 1. The van der Waals surface area contributed by atoms with E-state index in [0.717, 1.165) is 50.7 Å². The van der Waals surface area contributed by atoms with Crippen LogP contribution >= 0.6 is 0 Å². The van der Waals surface area contributed by atoms with Crippen molar-refractivity contribution in [1.82, 2.24) is 0 Å². The van der Waals surface area contributed by atoms with E-state index >= 15 is 0 Å². The van der Waals surface area contributed by atoms with Gasteiger partial charge in [0.2, 0.25) is 0 Å². The molecule has 0 radical (unpaired) electrons. The molecule has 0 heterocycles. The lowest BCUT2D eigenvalue weighted by Crippen LogP contribution is -2.24. The first kappa shape index (κ1) is 18.9. The topological polar surface area (TPSA) is 50.1 Å². The number of allylic oxidation sites excluding steroid dienone is 4. The lowest BCUT2D eigenvalue weighted by atomic mass is 9.84. The van der Waals surface area contributed by atoms with Gasteiger partial charge in [-0.25, -0.2) is 13.6 Å². The Balaban J connectivity index is 1.72. The van der Waals surface area contributed by atoms with E-state index in [-0.39, 0.29) is 11.7 Å². The first-order valence-corrected chi connectivity index (χ1v) is 8.47. The molecular formula is C20H21F2NO2. The lowest BCUT2D eigenvalue weighted by molar-refractivity contribution is 0.0162. The molecule has 0 aliphatic heterocycles. The lowest BCUT2D eigenvalue weighted by Gasteiger charge is -2.28. The molecule has 1 aliphatic rings. The van der Waals surface area contributed by atoms with Crippen LogP contribution < -0.4 is 0 Å². The summed E-state index contributed by atoms with van der Waals surface area (Å²) in [5.74, 6) is -2.03. The molecule has 0 aromatic heterocycles. The highest BCUT2D eigenvalue weighted by Crippen LogP contribution is 2.30. The van der Waals surface area contributed by atoms with Gasteiger partial charge in [0, 0.05) is 6.08 Å². The summed E-state index contributed by atoms with van der Waals surface area (Å²) in [6.07, 6.45) is 12.5. The molecule has 3 nitrogen and oxygen atoms in total. The Morgan fingerprint density at radius 3 is 2.64 bits per heavy atom. The van der Waals surface area contributed by atoms with E-state index in [1.165, 1.54) is 12.1 Å². The van der Waals surface area contributed by atoms with E-state index in [2.05, 4.69) is 0 Å². The zero-order chi connectivity index (χ0) is 18.1. The Morgan fingerprint density at radius 1 is 1.20 bits per heavy atom. The highest BCUT2D eigenvalue weighted by molar-refractivity contribution is 5.89. The molecule has 1 aromatic carbocycles. The molecule has 0 N–H and O–H groups in total. The van der Waals surface area contributed by atoms with Crippen LogP contribution in [0.25, 0.3) is 0 Å². The van der Waals surface area contributed by atoms with Crippen molar-refractivity contribution in [3.63, 3.8) is 0 Å². The summed E-state index contributed by atoms with van der Waals surface area (Å²) in [7, 11) is 0. The minimum atomic E-state index is -1.05. The summed E-state index contributed by atoms with van der Waals surface area (Å²) in [5.41, 5.74) is 0.0385. The number of hydrogen-bond acceptors (Lipinski definition) is 3. The average molecular weight is 345 g/mol. The molecule has 0 spiro atoms. The van der Waals surface area contributed by atoms with Gasteiger partial charge < -0.3 is 4.74 Å². The van der Waals surface area contributed by atoms with Crippen LogP contribution in [0.5, 0.6) is 0 Å². The number of hydrogen-bond donors (Lipinski definition) is 0. The minimum absolute atomic E-state index is 0.0385. The number of benzene rings is 1. The Kier molecular flexibility index (Phi) is 7.34. The number of nitrogens with zero attached hydrogens (tertiary/aromatic N) is 1. The molecular weight excluding hydrogens is 324 g/mol. The Labute approximate surface area is 146 Å². The van der Waals surface area contributed by atoms with Gasteiger partial charge in [0.1, 0.15) is 6.10 Å². The van der Waals surface area contributed by atoms with Gasteiger partial charge >= 0.3 is 5.97 Å². The fourth-order valence-corrected chi connectivity index (χ4v) is 2.99. The molecule has 1 saturated carbocycles. The Morgan fingerprint density at radius 2 is 1.96 bits per heavy atom. The molecule has 0 bridgehead atoms. The summed E-state index contributed by atoms with van der Waals surface area (Å²) in [6, 6.07) is 4.97. The van der Waals surface area contributed by atoms with Crippen LogP contribution in [0.15, 0.2) is 42.5 Å². The molecule has 5 heteroatoms. The third-order valence-corrected chi connectivity index (χ3v) is 4.38. The fraction of sp³-hybridized carbons (Fsp3) is 0.400. The number of rotatable bonds is 6. The van der Waals surface area contributed by atoms with Crippen LogP contribution in [0.3, 0.4) is 0 Å². The predicted octanol–water partition coefficient (Wildman–Crippen LogP) is 5.10. The first-order chi connectivity index (χ1) is 12.1. The smallest absolute Gasteiger partial charge is 0.338 e. The van der Waals surface area contributed by atoms with Gasteiger partial charge in [0.25, 0.3) is 0 Å². The number of ether oxygens (including phenoxy) is 1. The molecule has 132 valence electrons. The van der Waals surface area contributed by atoms with Gasteiger partial charge in [-0.15, -0.1) is 0 Å². The summed E-state index contributed by atoms with van der Waals surface area (Å²) >= 11 is 0. The standard InChI is InChI=1S/C20H21F2NO2/c21-18-12-9-16(14-19(18)22)20(24)25-17-10-7-15(8-11-17)6-4-2-1-3-5-13-23/h1-3,5,9,12,14-15,17H,4,6-8,10-11H2. The zero-order valence-corrected chi connectivity index (χ0v) is 14.0.